The third kappa shape index (κ3) is 17.8. The number of unbranched alkanes of at least 4 members (excludes halogenated alkanes) is 2. The van der Waals surface area contributed by atoms with Gasteiger partial charge in [-0.05, 0) is 31.7 Å². The quantitative estimate of drug-likeness (QED) is 0.0981. The van der Waals surface area contributed by atoms with E-state index in [1.165, 1.54) is 4.90 Å². The van der Waals surface area contributed by atoms with Crippen LogP contribution in [-0.2, 0) is 39.9 Å². The van der Waals surface area contributed by atoms with Crippen molar-refractivity contribution in [2.24, 2.45) is 0 Å². The van der Waals surface area contributed by atoms with E-state index in [-0.39, 0.29) is 161 Å². The van der Waals surface area contributed by atoms with Crippen LogP contribution in [0.1, 0.15) is 65.3 Å². The number of imide groups is 1. The first-order chi connectivity index (χ1) is 18.2. The van der Waals surface area contributed by atoms with E-state index in [9.17, 15) is 28.8 Å². The molecule has 0 radical (unpaired) electrons. The fourth-order valence-corrected chi connectivity index (χ4v) is 3.57. The number of Topliss-reactive ketones (excluding diaryl/α,β-unsaturated/α-hetero) is 1. The van der Waals surface area contributed by atoms with Gasteiger partial charge in [0.05, 0.1) is 18.2 Å². The SMILES string of the molecule is CC(=O)CCCCCNC(=O)CCCOCC[N-]C(=O)CC(=O)[N-]c1ccc(CC(=O)N2CCC2=O)cc1.[HH].[Rb+].[Rb+]. The Hall–Kier alpha value is 0.0104. The smallest absolute Gasteiger partial charge is 0.651 e. The summed E-state index contributed by atoms with van der Waals surface area (Å²) in [6.07, 6.45) is 4.11. The van der Waals surface area contributed by atoms with Crippen LogP contribution in [0.25, 0.3) is 10.6 Å². The number of nitrogens with one attached hydrogen (secondary N) is 1. The topological polar surface area (TPSA) is 155 Å². The number of carbonyl (C=O) groups is 6. The monoisotopic (exact) mass is 700 g/mol. The Morgan fingerprint density at radius 3 is 2.30 bits per heavy atom. The molecule has 11 nitrogen and oxygen atoms in total. The van der Waals surface area contributed by atoms with Crippen molar-refractivity contribution in [2.75, 3.05) is 32.8 Å². The van der Waals surface area contributed by atoms with Crippen molar-refractivity contribution < 1.29 is 151 Å². The molecule has 1 aliphatic heterocycles. The van der Waals surface area contributed by atoms with Gasteiger partial charge in [0.15, 0.2) is 0 Å². The first-order valence-electron chi connectivity index (χ1n) is 13.0. The van der Waals surface area contributed by atoms with Crippen molar-refractivity contribution >= 4 is 41.0 Å². The molecule has 0 aromatic heterocycles. The second kappa shape index (κ2) is 23.5. The molecule has 1 heterocycles. The molecule has 0 aliphatic carbocycles. The summed E-state index contributed by atoms with van der Waals surface area (Å²) in [4.78, 5) is 71.1. The average Bonchev–Trinajstić information content (AvgIpc) is 2.85. The molecule has 1 aromatic carbocycles. The van der Waals surface area contributed by atoms with Gasteiger partial charge in [0, 0.05) is 53.4 Å². The van der Waals surface area contributed by atoms with Crippen LogP contribution in [0.3, 0.4) is 0 Å². The van der Waals surface area contributed by atoms with E-state index >= 15 is 0 Å². The van der Waals surface area contributed by atoms with E-state index in [2.05, 4.69) is 16.0 Å². The number of rotatable bonds is 18. The third-order valence-electron chi connectivity index (χ3n) is 5.74. The number of carbonyl (C=O) groups excluding carboxylic acids is 6. The molecule has 210 valence electrons. The zero-order valence-electron chi connectivity index (χ0n) is 23.9. The van der Waals surface area contributed by atoms with Crippen LogP contribution < -0.4 is 122 Å². The molecule has 0 atom stereocenters. The Morgan fingerprint density at radius 1 is 0.950 bits per heavy atom. The molecule has 1 aliphatic rings. The summed E-state index contributed by atoms with van der Waals surface area (Å²) in [5.41, 5.74) is 1.06. The second-order valence-electron chi connectivity index (χ2n) is 9.07. The zero-order valence-corrected chi connectivity index (χ0v) is 33.7. The van der Waals surface area contributed by atoms with Crippen LogP contribution in [0.4, 0.5) is 5.69 Å². The summed E-state index contributed by atoms with van der Waals surface area (Å²) < 4.78 is 5.37. The van der Waals surface area contributed by atoms with Gasteiger partial charge in [0.1, 0.15) is 5.78 Å². The maximum Gasteiger partial charge on any atom is 1.00 e. The first-order valence-corrected chi connectivity index (χ1v) is 13.0. The van der Waals surface area contributed by atoms with Gasteiger partial charge in [-0.15, -0.1) is 12.2 Å². The van der Waals surface area contributed by atoms with Crippen LogP contribution in [0, 0.1) is 0 Å². The van der Waals surface area contributed by atoms with Crippen LogP contribution in [0.5, 0.6) is 0 Å². The number of likely N-dealkylation sites (tertiary alicyclic amines) is 1. The van der Waals surface area contributed by atoms with Gasteiger partial charge in [0.2, 0.25) is 17.7 Å². The van der Waals surface area contributed by atoms with Gasteiger partial charge < -0.3 is 35.1 Å². The number of hydrogen-bond acceptors (Lipinski definition) is 7. The van der Waals surface area contributed by atoms with Crippen molar-refractivity contribution in [2.45, 2.75) is 64.7 Å². The molecule has 0 spiro atoms. The number of nitrogens with zero attached hydrogens (tertiary/aromatic N) is 3. The third-order valence-corrected chi connectivity index (χ3v) is 5.74. The molecule has 1 N–H and O–H groups in total. The van der Waals surface area contributed by atoms with Gasteiger partial charge in [-0.3, -0.25) is 19.3 Å². The van der Waals surface area contributed by atoms with Crippen LogP contribution in [0.2, 0.25) is 0 Å². The first kappa shape index (κ1) is 40.0. The zero-order chi connectivity index (χ0) is 27.8. The van der Waals surface area contributed by atoms with E-state index in [4.69, 9.17) is 4.74 Å². The Bertz CT molecular complexity index is 996. The van der Waals surface area contributed by atoms with Crippen molar-refractivity contribution in [3.05, 3.63) is 40.5 Å². The number of β-lactam (4-membered cyclic amide) rings is 1. The van der Waals surface area contributed by atoms with Gasteiger partial charge >= 0.3 is 116 Å². The standard InChI is InChI=1S/C27H38N4O7.2Rb.H2/c1-20(32)6-3-2-4-13-28-23(33)7-5-16-38-17-14-29-24(34)19-25(35)30-22-10-8-21(9-11-22)18-27(37)31-15-12-26(31)36;;;/h8-11H,2-7,12-19H2,1H3,(H3,28,29,30,33,34,35);;;1H/q;2*+1;/p-2. The van der Waals surface area contributed by atoms with Gasteiger partial charge in [-0.2, -0.15) is 0 Å². The van der Waals surface area contributed by atoms with E-state index in [1.54, 1.807) is 31.2 Å². The summed E-state index contributed by atoms with van der Waals surface area (Å²) in [5.74, 6) is -1.50. The number of ether oxygens (including phenoxy) is 1. The Balaban J connectivity index is 0. The molecule has 13 heteroatoms. The predicted octanol–water partition coefficient (Wildman–Crippen LogP) is -2.87. The van der Waals surface area contributed by atoms with E-state index < -0.39 is 18.2 Å². The molecular formula is C27H38N4O7Rb2. The van der Waals surface area contributed by atoms with Gasteiger partial charge in [-0.25, -0.2) is 0 Å². The Kier molecular flexibility index (Phi) is 23.5. The van der Waals surface area contributed by atoms with E-state index in [0.717, 1.165) is 19.3 Å². The minimum Gasteiger partial charge on any atom is -0.651 e. The summed E-state index contributed by atoms with van der Waals surface area (Å²) >= 11 is 0. The Morgan fingerprint density at radius 2 is 1.68 bits per heavy atom. The molecule has 1 fully saturated rings. The van der Waals surface area contributed by atoms with E-state index in [1.807, 2.05) is 0 Å². The molecule has 1 saturated heterocycles. The average molecular weight is 702 g/mol. The van der Waals surface area contributed by atoms with Crippen molar-refractivity contribution in [1.82, 2.24) is 10.2 Å². The number of ketones is 1. The second-order valence-corrected chi connectivity index (χ2v) is 9.07. The van der Waals surface area contributed by atoms with Crippen molar-refractivity contribution in [3.63, 3.8) is 0 Å². The Labute approximate surface area is 335 Å². The fraction of sp³-hybridized carbons (Fsp3) is 0.556. The van der Waals surface area contributed by atoms with Gasteiger partial charge in [0.25, 0.3) is 0 Å². The molecule has 0 bridgehead atoms. The maximum absolute atomic E-state index is 12.0. The number of hydrogen-bond donors (Lipinski definition) is 1. The minimum atomic E-state index is -0.625. The van der Waals surface area contributed by atoms with E-state index in [0.29, 0.717) is 56.6 Å². The number of benzene rings is 1. The molecule has 5 amide bonds. The summed E-state index contributed by atoms with van der Waals surface area (Å²) in [5, 5.41) is 10.5. The van der Waals surface area contributed by atoms with Crippen LogP contribution in [-0.4, -0.2) is 73.1 Å². The minimum absolute atomic E-state index is 0. The van der Waals surface area contributed by atoms with Crippen molar-refractivity contribution in [3.8, 4) is 0 Å². The molecular weight excluding hydrogens is 663 g/mol. The summed E-state index contributed by atoms with van der Waals surface area (Å²) in [7, 11) is 0. The predicted molar refractivity (Wildman–Crippen MR) is 142 cm³/mol. The molecule has 1 aromatic rings. The largest absolute Gasteiger partial charge is 1.00 e. The normalized spacial score (nSPS) is 11.8. The maximum atomic E-state index is 12.0. The molecule has 40 heavy (non-hydrogen) atoms. The summed E-state index contributed by atoms with van der Waals surface area (Å²) in [6.45, 7) is 3.30. The van der Waals surface area contributed by atoms with Crippen LogP contribution in [0.15, 0.2) is 24.3 Å². The van der Waals surface area contributed by atoms with Gasteiger partial charge in [-0.1, -0.05) is 30.7 Å². The summed E-state index contributed by atoms with van der Waals surface area (Å²) in [6, 6.07) is 6.45. The van der Waals surface area contributed by atoms with Crippen LogP contribution >= 0.6 is 0 Å². The molecule has 0 saturated carbocycles. The fourth-order valence-electron chi connectivity index (χ4n) is 3.57. The van der Waals surface area contributed by atoms with Crippen molar-refractivity contribution in [1.29, 1.82) is 0 Å². The molecule has 2 rings (SSSR count). The molecule has 0 unspecified atom stereocenters. The number of amides is 5.